The Balaban J connectivity index is 1.27. The lowest BCUT2D eigenvalue weighted by Gasteiger charge is -2.35. The first-order chi connectivity index (χ1) is 17.5. The van der Waals surface area contributed by atoms with Gasteiger partial charge in [0.1, 0.15) is 5.82 Å². The second-order valence-corrected chi connectivity index (χ2v) is 10.9. The van der Waals surface area contributed by atoms with Gasteiger partial charge in [-0.05, 0) is 60.4 Å². The third-order valence-corrected chi connectivity index (χ3v) is 8.54. The molecule has 0 unspecified atom stereocenters. The molecule has 1 aliphatic rings. The fourth-order valence-corrected chi connectivity index (χ4v) is 6.03. The van der Waals surface area contributed by atoms with Crippen molar-refractivity contribution in [2.75, 3.05) is 18.4 Å². The number of β-amino-alcohol motifs (C(OH)–C–C–N with tert-alkyl or cyclic N) is 1. The molecule has 5 rings (SSSR count). The number of hydrogen-bond donors (Lipinski definition) is 3. The van der Waals surface area contributed by atoms with Crippen LogP contribution in [0.2, 0.25) is 0 Å². The van der Waals surface area contributed by atoms with Crippen molar-refractivity contribution >= 4 is 26.7 Å². The topological polar surface area (TPSA) is 111 Å². The van der Waals surface area contributed by atoms with E-state index in [-0.39, 0.29) is 30.2 Å². The van der Waals surface area contributed by atoms with Gasteiger partial charge in [0, 0.05) is 24.7 Å². The number of rotatable bonds is 5. The molecule has 8 nitrogen and oxygen atoms in total. The van der Waals surface area contributed by atoms with Crippen LogP contribution in [-0.4, -0.2) is 58.2 Å². The van der Waals surface area contributed by atoms with Crippen molar-refractivity contribution < 1.29 is 26.7 Å². The number of anilines is 1. The molecule has 194 valence electrons. The van der Waals surface area contributed by atoms with E-state index in [1.165, 1.54) is 10.4 Å². The second-order valence-electron chi connectivity index (χ2n) is 8.99. The Hall–Kier alpha value is -3.48. The smallest absolute Gasteiger partial charge is 0.390 e. The molecule has 37 heavy (non-hydrogen) atoms. The van der Waals surface area contributed by atoms with Gasteiger partial charge < -0.3 is 10.4 Å². The molecule has 0 spiro atoms. The van der Waals surface area contributed by atoms with E-state index >= 15 is 0 Å². The first-order valence-electron chi connectivity index (χ1n) is 11.5. The Morgan fingerprint density at radius 2 is 1.84 bits per heavy atom. The lowest BCUT2D eigenvalue weighted by molar-refractivity contribution is -0.137. The van der Waals surface area contributed by atoms with Crippen molar-refractivity contribution in [3.05, 3.63) is 72.1 Å². The van der Waals surface area contributed by atoms with Crippen molar-refractivity contribution in [1.29, 1.82) is 0 Å². The summed E-state index contributed by atoms with van der Waals surface area (Å²) in [6.07, 6.45) is -2.84. The van der Waals surface area contributed by atoms with E-state index in [4.69, 9.17) is 0 Å². The van der Waals surface area contributed by atoms with Gasteiger partial charge in [0.15, 0.2) is 0 Å². The highest BCUT2D eigenvalue weighted by atomic mass is 32.2. The summed E-state index contributed by atoms with van der Waals surface area (Å²) in [6.45, 7) is 1.96. The average molecular weight is 532 g/mol. The summed E-state index contributed by atoms with van der Waals surface area (Å²) in [5.74, 6) is 0.174. The van der Waals surface area contributed by atoms with E-state index in [1.807, 2.05) is 19.1 Å². The van der Waals surface area contributed by atoms with E-state index in [9.17, 15) is 26.7 Å². The van der Waals surface area contributed by atoms with E-state index in [0.29, 0.717) is 6.20 Å². The molecule has 0 amide bonds. The van der Waals surface area contributed by atoms with Crippen LogP contribution in [0.4, 0.5) is 19.0 Å². The van der Waals surface area contributed by atoms with Gasteiger partial charge in [-0.25, -0.2) is 13.4 Å². The summed E-state index contributed by atoms with van der Waals surface area (Å²) in [5.41, 5.74) is 2.92. The number of aromatic nitrogens is 3. The number of aliphatic hydroxyl groups excluding tert-OH is 1. The largest absolute Gasteiger partial charge is 0.417 e. The number of alkyl halides is 3. The van der Waals surface area contributed by atoms with Crippen molar-refractivity contribution in [2.24, 2.45) is 0 Å². The summed E-state index contributed by atoms with van der Waals surface area (Å²) >= 11 is 0. The summed E-state index contributed by atoms with van der Waals surface area (Å²) in [5, 5.41) is 21.5. The highest BCUT2D eigenvalue weighted by Crippen LogP contribution is 2.31. The van der Waals surface area contributed by atoms with Gasteiger partial charge in [-0.15, -0.1) is 0 Å². The minimum atomic E-state index is -4.49. The molecule has 2 aromatic heterocycles. The predicted octanol–water partition coefficient (Wildman–Crippen LogP) is 4.19. The molecule has 4 aromatic rings. The minimum Gasteiger partial charge on any atom is -0.390 e. The number of piperidine rings is 1. The third-order valence-electron chi connectivity index (χ3n) is 6.67. The highest BCUT2D eigenvalue weighted by molar-refractivity contribution is 7.89. The number of pyridine rings is 1. The van der Waals surface area contributed by atoms with Gasteiger partial charge in [-0.1, -0.05) is 18.2 Å². The number of aromatic amines is 1. The number of halogens is 3. The van der Waals surface area contributed by atoms with E-state index in [1.54, 1.807) is 30.5 Å². The summed E-state index contributed by atoms with van der Waals surface area (Å²) < 4.78 is 65.9. The number of nitrogens with zero attached hydrogens (tertiary/aromatic N) is 3. The Labute approximate surface area is 211 Å². The van der Waals surface area contributed by atoms with Gasteiger partial charge in [-0.2, -0.15) is 22.6 Å². The molecule has 0 bridgehead atoms. The van der Waals surface area contributed by atoms with Crippen molar-refractivity contribution in [3.63, 3.8) is 0 Å². The maximum atomic E-state index is 13.2. The molecule has 0 aliphatic carbocycles. The SMILES string of the molecule is Cc1c(-c2ccc(S(=O)(=O)N3CC[C@@H](Nc4ccc(C(F)(F)F)cn4)[C@@H](O)C3)cc2)ccc2[nH]ncc12. The first kappa shape index (κ1) is 25.2. The van der Waals surface area contributed by atoms with Crippen LogP contribution in [0.5, 0.6) is 0 Å². The van der Waals surface area contributed by atoms with Gasteiger partial charge in [0.2, 0.25) is 10.0 Å². The molecule has 12 heteroatoms. The molecule has 2 aromatic carbocycles. The monoisotopic (exact) mass is 531 g/mol. The zero-order chi connectivity index (χ0) is 26.4. The van der Waals surface area contributed by atoms with Crippen LogP contribution >= 0.6 is 0 Å². The standard InChI is InChI=1S/C25H24F3N5O3S/c1-15-19(7-8-21-20(15)13-30-32-21)16-2-5-18(6-3-16)37(35,36)33-11-10-22(23(34)14-33)31-24-9-4-17(12-29-24)25(26,27)28/h2-9,12-13,22-23,34H,10-11,14H2,1H3,(H,29,31)(H,30,32)/t22-,23+/m1/s1. The number of sulfonamides is 1. The molecular weight excluding hydrogens is 507 g/mol. The lowest BCUT2D eigenvalue weighted by atomic mass is 9.98. The number of aliphatic hydroxyl groups is 1. The summed E-state index contributed by atoms with van der Waals surface area (Å²) in [4.78, 5) is 3.88. The van der Waals surface area contributed by atoms with Gasteiger partial charge in [0.25, 0.3) is 0 Å². The number of H-pyrrole nitrogens is 1. The quantitative estimate of drug-likeness (QED) is 0.356. The van der Waals surface area contributed by atoms with Crippen molar-refractivity contribution in [1.82, 2.24) is 19.5 Å². The molecule has 3 N–H and O–H groups in total. The highest BCUT2D eigenvalue weighted by Gasteiger charge is 2.35. The van der Waals surface area contributed by atoms with Crippen LogP contribution in [-0.2, 0) is 16.2 Å². The molecule has 2 atom stereocenters. The van der Waals surface area contributed by atoms with Crippen LogP contribution in [0.15, 0.2) is 65.8 Å². The predicted molar refractivity (Wildman–Crippen MR) is 132 cm³/mol. The van der Waals surface area contributed by atoms with Crippen LogP contribution < -0.4 is 5.32 Å². The summed E-state index contributed by atoms with van der Waals surface area (Å²) in [7, 11) is -3.86. The first-order valence-corrected chi connectivity index (χ1v) is 13.0. The minimum absolute atomic E-state index is 0.112. The normalized spacial score (nSPS) is 19.3. The van der Waals surface area contributed by atoms with Crippen LogP contribution in [0.1, 0.15) is 17.5 Å². The van der Waals surface area contributed by atoms with E-state index < -0.39 is 33.9 Å². The van der Waals surface area contributed by atoms with Crippen LogP contribution in [0, 0.1) is 6.92 Å². The Kier molecular flexibility index (Phi) is 6.42. The summed E-state index contributed by atoms with van der Waals surface area (Å²) in [6, 6.07) is 12.0. The Morgan fingerprint density at radius 3 is 2.49 bits per heavy atom. The number of hydrogen-bond acceptors (Lipinski definition) is 6. The van der Waals surface area contributed by atoms with Crippen LogP contribution in [0.3, 0.4) is 0 Å². The maximum Gasteiger partial charge on any atom is 0.417 e. The number of nitrogens with one attached hydrogen (secondary N) is 2. The third kappa shape index (κ3) is 4.91. The van der Waals surface area contributed by atoms with Gasteiger partial charge in [-0.3, -0.25) is 5.10 Å². The molecule has 1 fully saturated rings. The molecule has 1 saturated heterocycles. The zero-order valence-corrected chi connectivity index (χ0v) is 20.5. The van der Waals surface area contributed by atoms with E-state index in [0.717, 1.165) is 33.7 Å². The molecule has 0 radical (unpaired) electrons. The number of aryl methyl sites for hydroxylation is 1. The van der Waals surface area contributed by atoms with E-state index in [2.05, 4.69) is 20.5 Å². The van der Waals surface area contributed by atoms with Crippen molar-refractivity contribution in [2.45, 2.75) is 36.6 Å². The Bertz CT molecular complexity index is 1520. The lowest BCUT2D eigenvalue weighted by Crippen LogP contribution is -2.51. The fraction of sp³-hybridized carbons (Fsp3) is 0.280. The van der Waals surface area contributed by atoms with Gasteiger partial charge >= 0.3 is 6.18 Å². The molecular formula is C25H24F3N5O3S. The molecule has 0 saturated carbocycles. The number of benzene rings is 2. The second kappa shape index (κ2) is 9.43. The number of fused-ring (bicyclic) bond motifs is 1. The van der Waals surface area contributed by atoms with Crippen molar-refractivity contribution in [3.8, 4) is 11.1 Å². The Morgan fingerprint density at radius 1 is 1.08 bits per heavy atom. The maximum absolute atomic E-state index is 13.2. The molecule has 3 heterocycles. The van der Waals surface area contributed by atoms with Crippen LogP contribution in [0.25, 0.3) is 22.0 Å². The zero-order valence-electron chi connectivity index (χ0n) is 19.7. The van der Waals surface area contributed by atoms with Gasteiger partial charge in [0.05, 0.1) is 34.3 Å². The molecule has 1 aliphatic heterocycles. The average Bonchev–Trinajstić information content (AvgIpc) is 3.35. The fourth-order valence-electron chi connectivity index (χ4n) is 4.55.